The molecule has 0 radical (unpaired) electrons. The Hall–Kier alpha value is -3.88. The van der Waals surface area contributed by atoms with Crippen LogP contribution in [0.4, 0.5) is 5.69 Å². The summed E-state index contributed by atoms with van der Waals surface area (Å²) in [7, 11) is 0. The first kappa shape index (κ1) is 26.2. The molecule has 1 heterocycles. The third-order valence-corrected chi connectivity index (χ3v) is 6.65. The molecule has 3 aromatic rings. The quantitative estimate of drug-likeness (QED) is 0.387. The van der Waals surface area contributed by atoms with Gasteiger partial charge in [0.2, 0.25) is 11.8 Å². The molecule has 0 saturated heterocycles. The van der Waals surface area contributed by atoms with Crippen LogP contribution < -0.4 is 26.6 Å². The molecular weight excluding hydrogens is 472 g/mol. The van der Waals surface area contributed by atoms with Crippen LogP contribution in [0.3, 0.4) is 0 Å². The molecule has 0 aliphatic heterocycles. The Morgan fingerprint density at radius 2 is 1.68 bits per heavy atom. The van der Waals surface area contributed by atoms with E-state index < -0.39 is 17.2 Å². The Morgan fingerprint density at radius 3 is 2.46 bits per heavy atom. The Balaban J connectivity index is 1.48. The van der Waals surface area contributed by atoms with E-state index in [-0.39, 0.29) is 25.0 Å². The van der Waals surface area contributed by atoms with Crippen molar-refractivity contribution >= 4 is 28.4 Å². The lowest BCUT2D eigenvalue weighted by molar-refractivity contribution is -0.122. The van der Waals surface area contributed by atoms with Crippen LogP contribution in [-0.2, 0) is 22.7 Å². The van der Waals surface area contributed by atoms with Gasteiger partial charge in [-0.25, -0.2) is 4.79 Å². The van der Waals surface area contributed by atoms with Crippen LogP contribution in [0.5, 0.6) is 5.75 Å². The van der Waals surface area contributed by atoms with Gasteiger partial charge in [-0.15, -0.1) is 0 Å². The number of hydrogen-bond acceptors (Lipinski definition) is 5. The van der Waals surface area contributed by atoms with Crippen LogP contribution >= 0.6 is 0 Å². The summed E-state index contributed by atoms with van der Waals surface area (Å²) in [6.07, 6.45) is 5.78. The van der Waals surface area contributed by atoms with E-state index in [4.69, 9.17) is 4.74 Å². The molecule has 2 aromatic carbocycles. The lowest BCUT2D eigenvalue weighted by Gasteiger charge is -2.15. The van der Waals surface area contributed by atoms with Crippen molar-refractivity contribution in [2.75, 3.05) is 11.9 Å². The molecule has 4 rings (SSSR count). The second-order valence-corrected chi connectivity index (χ2v) is 9.33. The summed E-state index contributed by atoms with van der Waals surface area (Å²) in [5.41, 5.74) is -0.0319. The minimum Gasteiger partial charge on any atom is -0.492 e. The maximum Gasteiger partial charge on any atom is 0.331 e. The number of unbranched alkanes of at least 4 members (excludes halogenated alkanes) is 1. The van der Waals surface area contributed by atoms with Gasteiger partial charge in [0.05, 0.1) is 23.2 Å². The lowest BCUT2D eigenvalue weighted by atomic mass is 10.2. The van der Waals surface area contributed by atoms with E-state index in [9.17, 15) is 19.2 Å². The van der Waals surface area contributed by atoms with Gasteiger partial charge in [0.15, 0.2) is 0 Å². The average Bonchev–Trinajstić information content (AvgIpc) is 3.40. The zero-order chi connectivity index (χ0) is 26.2. The summed E-state index contributed by atoms with van der Waals surface area (Å²) in [6, 6.07) is 14.1. The van der Waals surface area contributed by atoms with E-state index >= 15 is 0 Å². The number of ether oxygens (including phenoxy) is 1. The zero-order valence-electron chi connectivity index (χ0n) is 21.2. The minimum atomic E-state index is -0.549. The number of aromatic nitrogens is 2. The average molecular weight is 507 g/mol. The van der Waals surface area contributed by atoms with E-state index in [1.807, 2.05) is 13.0 Å². The van der Waals surface area contributed by atoms with Crippen molar-refractivity contribution in [1.82, 2.24) is 14.5 Å². The van der Waals surface area contributed by atoms with Gasteiger partial charge in [-0.2, -0.15) is 0 Å². The van der Waals surface area contributed by atoms with Crippen LogP contribution in [-0.4, -0.2) is 33.6 Å². The fraction of sp³-hybridized carbons (Fsp3) is 0.429. The Bertz CT molecular complexity index is 1370. The molecule has 2 N–H and O–H groups in total. The van der Waals surface area contributed by atoms with Crippen LogP contribution in [0.25, 0.3) is 10.9 Å². The van der Waals surface area contributed by atoms with E-state index in [0.717, 1.165) is 25.7 Å². The van der Waals surface area contributed by atoms with Crippen molar-refractivity contribution in [3.05, 3.63) is 69.4 Å². The molecule has 2 amide bonds. The highest BCUT2D eigenvalue weighted by atomic mass is 16.5. The Kier molecular flexibility index (Phi) is 8.77. The van der Waals surface area contributed by atoms with Crippen molar-refractivity contribution in [1.29, 1.82) is 0 Å². The number of amides is 2. The molecule has 196 valence electrons. The SMILES string of the molecule is CCOc1ccccc1NC(=O)Cn1c(=O)n(CCCCC(=O)NC2CCCC2)c(=O)c2ccccc21. The number of nitrogens with one attached hydrogen (secondary N) is 2. The van der Waals surface area contributed by atoms with Crippen LogP contribution in [0.2, 0.25) is 0 Å². The van der Waals surface area contributed by atoms with Gasteiger partial charge in [0.25, 0.3) is 5.56 Å². The molecular formula is C28H34N4O5. The number of hydrogen-bond donors (Lipinski definition) is 2. The van der Waals surface area contributed by atoms with Crippen molar-refractivity contribution in [2.45, 2.75) is 71.0 Å². The molecule has 1 saturated carbocycles. The first-order chi connectivity index (χ1) is 18.0. The first-order valence-corrected chi connectivity index (χ1v) is 13.0. The van der Waals surface area contributed by atoms with Gasteiger partial charge in [0, 0.05) is 19.0 Å². The zero-order valence-corrected chi connectivity index (χ0v) is 21.2. The van der Waals surface area contributed by atoms with Gasteiger partial charge in [-0.1, -0.05) is 37.1 Å². The number of carbonyl (C=O) groups excluding carboxylic acids is 2. The van der Waals surface area contributed by atoms with Crippen molar-refractivity contribution in [3.8, 4) is 5.75 Å². The summed E-state index contributed by atoms with van der Waals surface area (Å²) >= 11 is 0. The predicted octanol–water partition coefficient (Wildman–Crippen LogP) is 3.43. The molecule has 1 aliphatic rings. The number of fused-ring (bicyclic) bond motifs is 1. The number of benzene rings is 2. The molecule has 0 bridgehead atoms. The van der Waals surface area contributed by atoms with E-state index in [2.05, 4.69) is 10.6 Å². The maximum atomic E-state index is 13.4. The smallest absolute Gasteiger partial charge is 0.331 e. The fourth-order valence-electron chi connectivity index (χ4n) is 4.83. The normalized spacial score (nSPS) is 13.5. The molecule has 1 fully saturated rings. The predicted molar refractivity (Wildman–Crippen MR) is 143 cm³/mol. The topological polar surface area (TPSA) is 111 Å². The fourth-order valence-corrected chi connectivity index (χ4v) is 4.83. The third kappa shape index (κ3) is 6.47. The van der Waals surface area contributed by atoms with Crippen molar-refractivity contribution < 1.29 is 14.3 Å². The highest BCUT2D eigenvalue weighted by Crippen LogP contribution is 2.23. The van der Waals surface area contributed by atoms with Crippen LogP contribution in [0.15, 0.2) is 58.1 Å². The van der Waals surface area contributed by atoms with Gasteiger partial charge < -0.3 is 15.4 Å². The highest BCUT2D eigenvalue weighted by molar-refractivity contribution is 5.93. The summed E-state index contributed by atoms with van der Waals surface area (Å²) in [5.74, 6) is 0.143. The Morgan fingerprint density at radius 1 is 0.946 bits per heavy atom. The largest absolute Gasteiger partial charge is 0.492 e. The molecule has 0 atom stereocenters. The molecule has 0 spiro atoms. The van der Waals surface area contributed by atoms with Gasteiger partial charge >= 0.3 is 5.69 Å². The molecule has 9 nitrogen and oxygen atoms in total. The molecule has 1 aromatic heterocycles. The summed E-state index contributed by atoms with van der Waals surface area (Å²) in [6.45, 7) is 2.22. The van der Waals surface area contributed by atoms with Crippen LogP contribution in [0.1, 0.15) is 51.9 Å². The molecule has 9 heteroatoms. The Labute approximate surface area is 215 Å². The van der Waals surface area contributed by atoms with E-state index in [0.29, 0.717) is 48.2 Å². The monoisotopic (exact) mass is 506 g/mol. The van der Waals surface area contributed by atoms with E-state index in [1.165, 1.54) is 9.13 Å². The highest BCUT2D eigenvalue weighted by Gasteiger charge is 2.18. The second kappa shape index (κ2) is 12.4. The van der Waals surface area contributed by atoms with Crippen LogP contribution in [0, 0.1) is 0 Å². The standard InChI is InChI=1S/C28H34N4O5/c1-2-37-24-16-8-6-14-22(24)30-26(34)19-32-23-15-7-5-13-21(23)27(35)31(28(32)36)18-10-9-17-25(33)29-20-11-3-4-12-20/h5-8,13-16,20H,2-4,9-12,17-19H2,1H3,(H,29,33)(H,30,34). The third-order valence-electron chi connectivity index (χ3n) is 6.65. The van der Waals surface area contributed by atoms with Gasteiger partial charge in [-0.3, -0.25) is 23.5 Å². The summed E-state index contributed by atoms with van der Waals surface area (Å²) in [4.78, 5) is 51.6. The summed E-state index contributed by atoms with van der Waals surface area (Å²) in [5, 5.41) is 6.23. The molecule has 37 heavy (non-hydrogen) atoms. The van der Waals surface area contributed by atoms with Crippen molar-refractivity contribution in [2.24, 2.45) is 0 Å². The number of anilines is 1. The van der Waals surface area contributed by atoms with Crippen molar-refractivity contribution in [3.63, 3.8) is 0 Å². The number of carbonyl (C=O) groups is 2. The summed E-state index contributed by atoms with van der Waals surface area (Å²) < 4.78 is 8.06. The molecule has 1 aliphatic carbocycles. The maximum absolute atomic E-state index is 13.4. The molecule has 0 unspecified atom stereocenters. The second-order valence-electron chi connectivity index (χ2n) is 9.33. The number of nitrogens with zero attached hydrogens (tertiary/aromatic N) is 2. The number of rotatable bonds is 11. The number of para-hydroxylation sites is 3. The minimum absolute atomic E-state index is 0.0131. The van der Waals surface area contributed by atoms with Gasteiger partial charge in [0.1, 0.15) is 12.3 Å². The van der Waals surface area contributed by atoms with E-state index in [1.54, 1.807) is 42.5 Å². The first-order valence-electron chi connectivity index (χ1n) is 13.0. The lowest BCUT2D eigenvalue weighted by Crippen LogP contribution is -2.41. The van der Waals surface area contributed by atoms with Gasteiger partial charge in [-0.05, 0) is 56.9 Å².